The van der Waals surface area contributed by atoms with Crippen LogP contribution in [0.5, 0.6) is 0 Å². The second kappa shape index (κ2) is 5.47. The summed E-state index contributed by atoms with van der Waals surface area (Å²) < 4.78 is 26.1. The van der Waals surface area contributed by atoms with E-state index in [9.17, 15) is 13.6 Å². The molecule has 0 N–H and O–H groups in total. The van der Waals surface area contributed by atoms with Crippen molar-refractivity contribution in [1.29, 1.82) is 0 Å². The molecule has 0 saturated heterocycles. The summed E-state index contributed by atoms with van der Waals surface area (Å²) in [6, 6.07) is 3.77. The Labute approximate surface area is 117 Å². The molecule has 0 amide bonds. The van der Waals surface area contributed by atoms with Gasteiger partial charge in [-0.3, -0.25) is 4.79 Å². The summed E-state index contributed by atoms with van der Waals surface area (Å²) in [5.74, 6) is -0.792. The molecule has 0 aromatic heterocycles. The van der Waals surface area contributed by atoms with Crippen LogP contribution < -0.4 is 0 Å². The molecule has 1 nitrogen and oxygen atoms in total. The molecule has 0 bridgehead atoms. The average Bonchev–Trinajstić information content (AvgIpc) is 3.05. The van der Waals surface area contributed by atoms with Gasteiger partial charge in [-0.1, -0.05) is 18.9 Å². The van der Waals surface area contributed by atoms with Crippen LogP contribution >= 0.6 is 0 Å². The average molecular weight is 276 g/mol. The van der Waals surface area contributed by atoms with Gasteiger partial charge in [0.1, 0.15) is 0 Å². The Morgan fingerprint density at radius 1 is 1.05 bits per heavy atom. The molecule has 1 aromatic carbocycles. The second-order valence-corrected chi connectivity index (χ2v) is 5.90. The van der Waals surface area contributed by atoms with Crippen LogP contribution in [-0.4, -0.2) is 5.78 Å². The Bertz CT molecular complexity index is 556. The monoisotopic (exact) mass is 276 g/mol. The first-order chi connectivity index (χ1) is 9.65. The van der Waals surface area contributed by atoms with E-state index in [1.54, 1.807) is 6.08 Å². The molecule has 3 rings (SSSR count). The molecule has 20 heavy (non-hydrogen) atoms. The van der Waals surface area contributed by atoms with E-state index in [-0.39, 0.29) is 11.7 Å². The van der Waals surface area contributed by atoms with E-state index in [1.807, 2.05) is 0 Å². The molecule has 0 spiro atoms. The molecule has 2 saturated carbocycles. The van der Waals surface area contributed by atoms with Crippen LogP contribution in [0, 0.1) is 23.5 Å². The van der Waals surface area contributed by atoms with Crippen molar-refractivity contribution in [2.45, 2.75) is 38.5 Å². The number of Topliss-reactive ketones (excluding diaryl/α,β-unsaturated/α-hetero) is 1. The van der Waals surface area contributed by atoms with Crippen molar-refractivity contribution in [2.75, 3.05) is 0 Å². The van der Waals surface area contributed by atoms with Crippen LogP contribution in [0.2, 0.25) is 0 Å². The van der Waals surface area contributed by atoms with Crippen molar-refractivity contribution < 1.29 is 13.6 Å². The number of carbonyl (C=O) groups excluding carboxylic acids is 1. The summed E-state index contributed by atoms with van der Waals surface area (Å²) in [5, 5.41) is 0. The van der Waals surface area contributed by atoms with Crippen molar-refractivity contribution in [2.24, 2.45) is 11.8 Å². The van der Waals surface area contributed by atoms with E-state index in [0.717, 1.165) is 43.4 Å². The number of allylic oxidation sites excluding steroid dienone is 1. The van der Waals surface area contributed by atoms with Gasteiger partial charge in [0.2, 0.25) is 0 Å². The fourth-order valence-electron chi connectivity index (χ4n) is 3.56. The predicted octanol–water partition coefficient (Wildman–Crippen LogP) is 4.52. The van der Waals surface area contributed by atoms with Crippen LogP contribution in [0.4, 0.5) is 8.78 Å². The smallest absolute Gasteiger partial charge is 0.162 e. The van der Waals surface area contributed by atoms with Crippen molar-refractivity contribution in [3.05, 3.63) is 41.0 Å². The molecule has 2 aliphatic carbocycles. The van der Waals surface area contributed by atoms with Gasteiger partial charge in [-0.2, -0.15) is 0 Å². The molecule has 1 aromatic rings. The third-order valence-electron chi connectivity index (χ3n) is 4.63. The highest BCUT2D eigenvalue weighted by Gasteiger charge is 2.36. The number of ketones is 1. The lowest BCUT2D eigenvalue weighted by atomic mass is 9.88. The fraction of sp³-hybridized carbons (Fsp3) is 0.471. The third-order valence-corrected chi connectivity index (χ3v) is 4.63. The summed E-state index contributed by atoms with van der Waals surface area (Å²) in [6.45, 7) is 0. The highest BCUT2D eigenvalue weighted by Crippen LogP contribution is 2.40. The van der Waals surface area contributed by atoms with E-state index in [2.05, 4.69) is 0 Å². The summed E-state index contributed by atoms with van der Waals surface area (Å²) in [5.41, 5.74) is 1.34. The van der Waals surface area contributed by atoms with Gasteiger partial charge < -0.3 is 0 Å². The van der Waals surface area contributed by atoms with Gasteiger partial charge in [0.05, 0.1) is 0 Å². The van der Waals surface area contributed by atoms with Gasteiger partial charge in [0.25, 0.3) is 0 Å². The third kappa shape index (κ3) is 2.54. The predicted molar refractivity (Wildman–Crippen MR) is 74.0 cm³/mol. The number of halogens is 2. The number of hydrogen-bond acceptors (Lipinski definition) is 1. The zero-order valence-electron chi connectivity index (χ0n) is 11.4. The zero-order valence-corrected chi connectivity index (χ0v) is 11.4. The van der Waals surface area contributed by atoms with Crippen molar-refractivity contribution in [3.8, 4) is 0 Å². The SMILES string of the molecule is O=C1/C(=C/c2ccc(F)c(F)c2)CC[C@@H]1C1CCCC1. The first-order valence-corrected chi connectivity index (χ1v) is 7.35. The highest BCUT2D eigenvalue weighted by atomic mass is 19.2. The summed E-state index contributed by atoms with van der Waals surface area (Å²) in [7, 11) is 0. The molecule has 2 aliphatic rings. The maximum Gasteiger partial charge on any atom is 0.162 e. The minimum Gasteiger partial charge on any atom is -0.294 e. The van der Waals surface area contributed by atoms with Crippen LogP contribution in [-0.2, 0) is 4.79 Å². The minimum atomic E-state index is -0.864. The largest absolute Gasteiger partial charge is 0.294 e. The Hall–Kier alpha value is -1.51. The van der Waals surface area contributed by atoms with Crippen LogP contribution in [0.25, 0.3) is 6.08 Å². The molecule has 0 heterocycles. The maximum absolute atomic E-state index is 13.2. The topological polar surface area (TPSA) is 17.1 Å². The number of benzene rings is 1. The molecule has 2 fully saturated rings. The van der Waals surface area contributed by atoms with E-state index in [1.165, 1.54) is 18.9 Å². The van der Waals surface area contributed by atoms with E-state index in [0.29, 0.717) is 11.5 Å². The standard InChI is InChI=1S/C17H18F2O/c18-15-8-5-11(10-16(15)19)9-13-6-7-14(17(13)20)12-3-1-2-4-12/h5,8-10,12,14H,1-4,6-7H2/b13-9+/t14-/m1/s1. The van der Waals surface area contributed by atoms with Gasteiger partial charge in [-0.25, -0.2) is 8.78 Å². The highest BCUT2D eigenvalue weighted by molar-refractivity contribution is 6.03. The number of rotatable bonds is 2. The van der Waals surface area contributed by atoms with Gasteiger partial charge in [0, 0.05) is 5.92 Å². The van der Waals surface area contributed by atoms with E-state index in [4.69, 9.17) is 0 Å². The number of hydrogen-bond donors (Lipinski definition) is 0. The fourth-order valence-corrected chi connectivity index (χ4v) is 3.56. The Balaban J connectivity index is 1.78. The molecule has 106 valence electrons. The lowest BCUT2D eigenvalue weighted by Gasteiger charge is -2.15. The Morgan fingerprint density at radius 3 is 2.50 bits per heavy atom. The molecular formula is C17H18F2O. The Kier molecular flexibility index (Phi) is 3.68. The van der Waals surface area contributed by atoms with Crippen molar-refractivity contribution in [1.82, 2.24) is 0 Å². The van der Waals surface area contributed by atoms with Crippen LogP contribution in [0.3, 0.4) is 0 Å². The normalized spacial score (nSPS) is 25.8. The van der Waals surface area contributed by atoms with Crippen molar-refractivity contribution in [3.63, 3.8) is 0 Å². The number of carbonyl (C=O) groups is 1. The van der Waals surface area contributed by atoms with Crippen LogP contribution in [0.1, 0.15) is 44.1 Å². The van der Waals surface area contributed by atoms with Crippen LogP contribution in [0.15, 0.2) is 23.8 Å². The van der Waals surface area contributed by atoms with E-state index < -0.39 is 11.6 Å². The lowest BCUT2D eigenvalue weighted by molar-refractivity contribution is -0.119. The van der Waals surface area contributed by atoms with Gasteiger partial charge in [0.15, 0.2) is 17.4 Å². The molecule has 0 aliphatic heterocycles. The summed E-state index contributed by atoms with van der Waals surface area (Å²) >= 11 is 0. The van der Waals surface area contributed by atoms with Gasteiger partial charge >= 0.3 is 0 Å². The first-order valence-electron chi connectivity index (χ1n) is 7.35. The Morgan fingerprint density at radius 2 is 1.80 bits per heavy atom. The lowest BCUT2D eigenvalue weighted by Crippen LogP contribution is -2.16. The minimum absolute atomic E-state index is 0.161. The zero-order chi connectivity index (χ0) is 14.1. The molecular weight excluding hydrogens is 258 g/mol. The summed E-state index contributed by atoms with van der Waals surface area (Å²) in [4.78, 5) is 12.4. The molecule has 1 atom stereocenters. The van der Waals surface area contributed by atoms with E-state index >= 15 is 0 Å². The molecule has 0 unspecified atom stereocenters. The first kappa shape index (κ1) is 13.5. The van der Waals surface area contributed by atoms with Gasteiger partial charge in [-0.05, 0) is 60.9 Å². The quantitative estimate of drug-likeness (QED) is 0.726. The summed E-state index contributed by atoms with van der Waals surface area (Å²) in [6.07, 6.45) is 8.19. The van der Waals surface area contributed by atoms with Crippen molar-refractivity contribution >= 4 is 11.9 Å². The second-order valence-electron chi connectivity index (χ2n) is 5.90. The molecule has 0 radical (unpaired) electrons. The maximum atomic E-state index is 13.2. The van der Waals surface area contributed by atoms with Gasteiger partial charge in [-0.15, -0.1) is 0 Å². The molecule has 3 heteroatoms.